The lowest BCUT2D eigenvalue weighted by Gasteiger charge is -2.08. The molecule has 1 heterocycles. The first-order valence-corrected chi connectivity index (χ1v) is 3.13. The van der Waals surface area contributed by atoms with Crippen molar-refractivity contribution in [3.63, 3.8) is 0 Å². The van der Waals surface area contributed by atoms with E-state index in [1.54, 1.807) is 0 Å². The van der Waals surface area contributed by atoms with E-state index in [0.29, 0.717) is 18.9 Å². The molecular formula is C6H11NO2. The Balaban J connectivity index is 2.47. The molecule has 1 fully saturated rings. The van der Waals surface area contributed by atoms with E-state index in [4.69, 9.17) is 10.5 Å². The molecule has 0 aromatic heterocycles. The highest BCUT2D eigenvalue weighted by atomic mass is 16.5. The van der Waals surface area contributed by atoms with Gasteiger partial charge in [-0.15, -0.1) is 0 Å². The minimum absolute atomic E-state index is 0.0301. The summed E-state index contributed by atoms with van der Waals surface area (Å²) < 4.78 is 4.86. The molecule has 3 heteroatoms. The van der Waals surface area contributed by atoms with E-state index in [1.807, 2.05) is 6.92 Å². The van der Waals surface area contributed by atoms with E-state index >= 15 is 0 Å². The molecule has 1 saturated heterocycles. The molecule has 0 aromatic rings. The number of cyclic esters (lactones) is 1. The monoisotopic (exact) mass is 129 g/mol. The second-order valence-corrected chi connectivity index (χ2v) is 2.45. The highest BCUT2D eigenvalue weighted by molar-refractivity contribution is 5.72. The number of hydrogen-bond donors (Lipinski definition) is 1. The third-order valence-electron chi connectivity index (χ3n) is 1.64. The van der Waals surface area contributed by atoms with Crippen LogP contribution < -0.4 is 5.73 Å². The Hall–Kier alpha value is -0.570. The molecule has 0 aliphatic carbocycles. The topological polar surface area (TPSA) is 52.3 Å². The van der Waals surface area contributed by atoms with Crippen molar-refractivity contribution >= 4 is 5.97 Å². The largest absolute Gasteiger partial charge is 0.461 e. The van der Waals surface area contributed by atoms with Gasteiger partial charge in [-0.05, 0) is 0 Å². The van der Waals surface area contributed by atoms with Crippen LogP contribution in [0.4, 0.5) is 0 Å². The predicted molar refractivity (Wildman–Crippen MR) is 32.7 cm³/mol. The van der Waals surface area contributed by atoms with Gasteiger partial charge in [0.2, 0.25) is 0 Å². The number of hydrogen-bond acceptors (Lipinski definition) is 3. The van der Waals surface area contributed by atoms with Crippen molar-refractivity contribution in [1.82, 2.24) is 0 Å². The van der Waals surface area contributed by atoms with Gasteiger partial charge >= 0.3 is 5.97 Å². The average molecular weight is 129 g/mol. The van der Waals surface area contributed by atoms with Crippen molar-refractivity contribution in [2.24, 2.45) is 11.7 Å². The van der Waals surface area contributed by atoms with Crippen LogP contribution in [0.3, 0.4) is 0 Å². The maximum Gasteiger partial charge on any atom is 0.306 e. The van der Waals surface area contributed by atoms with E-state index in [9.17, 15) is 4.79 Å². The Bertz CT molecular complexity index is 124. The SMILES string of the molecule is CC1CC(=O)O[C@@H]1CN. The van der Waals surface area contributed by atoms with Crippen LogP contribution >= 0.6 is 0 Å². The Morgan fingerprint density at radius 2 is 2.56 bits per heavy atom. The summed E-state index contributed by atoms with van der Waals surface area (Å²) in [5.74, 6) is 0.195. The Morgan fingerprint density at radius 3 is 2.78 bits per heavy atom. The maximum absolute atomic E-state index is 10.5. The molecule has 1 unspecified atom stereocenters. The third-order valence-corrected chi connectivity index (χ3v) is 1.64. The molecule has 0 amide bonds. The molecule has 2 atom stereocenters. The van der Waals surface area contributed by atoms with Crippen LogP contribution in [0.2, 0.25) is 0 Å². The first kappa shape index (κ1) is 6.55. The second-order valence-electron chi connectivity index (χ2n) is 2.45. The van der Waals surface area contributed by atoms with Crippen molar-refractivity contribution in [1.29, 1.82) is 0 Å². The minimum atomic E-state index is -0.113. The molecule has 3 nitrogen and oxygen atoms in total. The van der Waals surface area contributed by atoms with E-state index in [2.05, 4.69) is 0 Å². The summed E-state index contributed by atoms with van der Waals surface area (Å²) in [5, 5.41) is 0. The van der Waals surface area contributed by atoms with Gasteiger partial charge < -0.3 is 10.5 Å². The van der Waals surface area contributed by atoms with Crippen LogP contribution in [0.25, 0.3) is 0 Å². The summed E-state index contributed by atoms with van der Waals surface area (Å²) in [5.41, 5.74) is 5.31. The highest BCUT2D eigenvalue weighted by Gasteiger charge is 2.29. The fraction of sp³-hybridized carbons (Fsp3) is 0.833. The minimum Gasteiger partial charge on any atom is -0.461 e. The number of rotatable bonds is 1. The lowest BCUT2D eigenvalue weighted by molar-refractivity contribution is -0.141. The Kier molecular flexibility index (Phi) is 1.71. The second kappa shape index (κ2) is 2.35. The van der Waals surface area contributed by atoms with Gasteiger partial charge in [-0.25, -0.2) is 0 Å². The number of carbonyl (C=O) groups excluding carboxylic acids is 1. The molecule has 2 N–H and O–H groups in total. The van der Waals surface area contributed by atoms with Gasteiger partial charge in [-0.3, -0.25) is 4.79 Å². The number of carbonyl (C=O) groups is 1. The van der Waals surface area contributed by atoms with E-state index in [0.717, 1.165) is 0 Å². The zero-order valence-electron chi connectivity index (χ0n) is 5.46. The highest BCUT2D eigenvalue weighted by Crippen LogP contribution is 2.19. The van der Waals surface area contributed by atoms with Gasteiger partial charge in [-0.2, -0.15) is 0 Å². The fourth-order valence-electron chi connectivity index (χ4n) is 1.01. The number of ether oxygens (including phenoxy) is 1. The van der Waals surface area contributed by atoms with Crippen LogP contribution in [0.15, 0.2) is 0 Å². The van der Waals surface area contributed by atoms with Gasteiger partial charge in [-0.1, -0.05) is 6.92 Å². The van der Waals surface area contributed by atoms with Crippen LogP contribution in [-0.2, 0) is 9.53 Å². The van der Waals surface area contributed by atoms with Crippen LogP contribution in [-0.4, -0.2) is 18.6 Å². The molecular weight excluding hydrogens is 118 g/mol. The van der Waals surface area contributed by atoms with Crippen LogP contribution in [0.1, 0.15) is 13.3 Å². The number of esters is 1. The summed E-state index contributed by atoms with van der Waals surface area (Å²) in [4.78, 5) is 10.5. The van der Waals surface area contributed by atoms with E-state index in [1.165, 1.54) is 0 Å². The Labute approximate surface area is 54.2 Å². The van der Waals surface area contributed by atoms with Gasteiger partial charge in [0, 0.05) is 12.5 Å². The molecule has 0 spiro atoms. The molecule has 0 aromatic carbocycles. The van der Waals surface area contributed by atoms with E-state index < -0.39 is 0 Å². The van der Waals surface area contributed by atoms with Gasteiger partial charge in [0.05, 0.1) is 6.42 Å². The molecule has 1 aliphatic heterocycles. The zero-order chi connectivity index (χ0) is 6.85. The lowest BCUT2D eigenvalue weighted by Crippen LogP contribution is -2.24. The summed E-state index contributed by atoms with van der Waals surface area (Å²) in [6.07, 6.45) is 0.500. The predicted octanol–water partition coefficient (Wildman–Crippen LogP) is -0.103. The lowest BCUT2D eigenvalue weighted by atomic mass is 10.0. The molecule has 0 saturated carbocycles. The van der Waals surface area contributed by atoms with Crippen molar-refractivity contribution in [2.75, 3.05) is 6.54 Å². The molecule has 1 rings (SSSR count). The molecule has 52 valence electrons. The van der Waals surface area contributed by atoms with Crippen molar-refractivity contribution in [3.8, 4) is 0 Å². The smallest absolute Gasteiger partial charge is 0.306 e. The molecule has 0 radical (unpaired) electrons. The van der Waals surface area contributed by atoms with Crippen molar-refractivity contribution in [3.05, 3.63) is 0 Å². The summed E-state index contributed by atoms with van der Waals surface area (Å²) >= 11 is 0. The quantitative estimate of drug-likeness (QED) is 0.503. The first-order valence-electron chi connectivity index (χ1n) is 3.13. The van der Waals surface area contributed by atoms with Crippen LogP contribution in [0.5, 0.6) is 0 Å². The zero-order valence-corrected chi connectivity index (χ0v) is 5.46. The Morgan fingerprint density at radius 1 is 1.89 bits per heavy atom. The van der Waals surface area contributed by atoms with E-state index in [-0.39, 0.29) is 12.1 Å². The maximum atomic E-state index is 10.5. The third kappa shape index (κ3) is 1.21. The summed E-state index contributed by atoms with van der Waals surface area (Å²) in [6, 6.07) is 0. The van der Waals surface area contributed by atoms with Crippen LogP contribution in [0, 0.1) is 5.92 Å². The first-order chi connectivity index (χ1) is 4.24. The summed E-state index contributed by atoms with van der Waals surface area (Å²) in [7, 11) is 0. The van der Waals surface area contributed by atoms with Crippen molar-refractivity contribution in [2.45, 2.75) is 19.4 Å². The molecule has 0 bridgehead atoms. The van der Waals surface area contributed by atoms with Gasteiger partial charge in [0.1, 0.15) is 6.10 Å². The number of nitrogens with two attached hydrogens (primary N) is 1. The van der Waals surface area contributed by atoms with Gasteiger partial charge in [0.25, 0.3) is 0 Å². The normalized spacial score (nSPS) is 34.7. The van der Waals surface area contributed by atoms with Crippen molar-refractivity contribution < 1.29 is 9.53 Å². The molecule has 9 heavy (non-hydrogen) atoms. The summed E-state index contributed by atoms with van der Waals surface area (Å²) in [6.45, 7) is 2.43. The fourth-order valence-corrected chi connectivity index (χ4v) is 1.01. The van der Waals surface area contributed by atoms with Gasteiger partial charge in [0.15, 0.2) is 0 Å². The molecule has 1 aliphatic rings. The standard InChI is InChI=1S/C6H11NO2/c1-4-2-6(8)9-5(4)3-7/h4-5H,2-3,7H2,1H3/t4?,5-/m1/s1. The average Bonchev–Trinajstić information content (AvgIpc) is 2.10.